The fourth-order valence-electron chi connectivity index (χ4n) is 1.26. The zero-order chi connectivity index (χ0) is 13.4. The molecular weight excluding hydrogens is 234 g/mol. The summed E-state index contributed by atoms with van der Waals surface area (Å²) in [6.45, 7) is 1.05. The number of hydrogen-bond donors (Lipinski definition) is 5. The molecule has 7 heteroatoms. The van der Waals surface area contributed by atoms with Crippen LogP contribution in [-0.4, -0.2) is 25.2 Å². The maximum atomic E-state index is 11.4. The number of carbonyl (C=O) groups excluding carboxylic acids is 2. The summed E-state index contributed by atoms with van der Waals surface area (Å²) in [6.07, 6.45) is 0. The first-order valence-electron chi connectivity index (χ1n) is 5.49. The Bertz CT molecular complexity index is 404. The zero-order valence-corrected chi connectivity index (χ0v) is 9.90. The van der Waals surface area contributed by atoms with Gasteiger partial charge in [0.05, 0.1) is 0 Å². The molecule has 0 saturated heterocycles. The average Bonchev–Trinajstić information content (AvgIpc) is 2.35. The van der Waals surface area contributed by atoms with E-state index >= 15 is 0 Å². The molecule has 0 spiro atoms. The van der Waals surface area contributed by atoms with Crippen molar-refractivity contribution >= 4 is 17.7 Å². The van der Waals surface area contributed by atoms with E-state index in [4.69, 9.17) is 11.5 Å². The maximum absolute atomic E-state index is 11.4. The lowest BCUT2D eigenvalue weighted by Crippen LogP contribution is -2.38. The van der Waals surface area contributed by atoms with Crippen LogP contribution in [0.1, 0.15) is 5.56 Å². The van der Waals surface area contributed by atoms with Crippen LogP contribution in [0.25, 0.3) is 0 Å². The number of hydrogen-bond acceptors (Lipinski definition) is 3. The van der Waals surface area contributed by atoms with Gasteiger partial charge in [-0.2, -0.15) is 0 Å². The number of carbonyl (C=O) groups is 2. The van der Waals surface area contributed by atoms with Gasteiger partial charge >= 0.3 is 12.1 Å². The number of nitrogens with two attached hydrogens (primary N) is 2. The number of rotatable bonds is 5. The Kier molecular flexibility index (Phi) is 5.46. The van der Waals surface area contributed by atoms with Crippen LogP contribution in [0.5, 0.6) is 0 Å². The Morgan fingerprint density at radius 1 is 1.06 bits per heavy atom. The summed E-state index contributed by atoms with van der Waals surface area (Å²) in [7, 11) is 0. The number of benzene rings is 1. The van der Waals surface area contributed by atoms with E-state index in [-0.39, 0.29) is 12.6 Å². The van der Waals surface area contributed by atoms with Gasteiger partial charge in [0.1, 0.15) is 0 Å². The molecule has 0 unspecified atom stereocenters. The molecule has 4 amide bonds. The average molecular weight is 251 g/mol. The molecule has 0 heterocycles. The molecule has 0 aliphatic rings. The first-order valence-corrected chi connectivity index (χ1v) is 5.49. The minimum Gasteiger partial charge on any atom is -0.352 e. The Morgan fingerprint density at radius 2 is 1.67 bits per heavy atom. The van der Waals surface area contributed by atoms with Crippen LogP contribution in [-0.2, 0) is 6.54 Å². The van der Waals surface area contributed by atoms with Crippen molar-refractivity contribution in [3.8, 4) is 0 Å². The summed E-state index contributed by atoms with van der Waals surface area (Å²) in [6, 6.07) is 6.25. The third-order valence-corrected chi connectivity index (χ3v) is 2.16. The van der Waals surface area contributed by atoms with Crippen molar-refractivity contribution in [3.05, 3.63) is 29.8 Å². The quantitative estimate of drug-likeness (QED) is 0.471. The van der Waals surface area contributed by atoms with Crippen molar-refractivity contribution in [1.82, 2.24) is 10.6 Å². The van der Waals surface area contributed by atoms with Crippen LogP contribution in [0.2, 0.25) is 0 Å². The van der Waals surface area contributed by atoms with E-state index < -0.39 is 6.03 Å². The molecule has 0 radical (unpaired) electrons. The van der Waals surface area contributed by atoms with Crippen LogP contribution < -0.4 is 27.4 Å². The standard InChI is InChI=1S/C11H17N5O2/c12-7-8-1-3-9(4-2-8)16-11(18)15-6-5-14-10(13)17/h1-4H,5-7,12H2,(H3,13,14,17)(H2,15,16,18). The van der Waals surface area contributed by atoms with Crippen molar-refractivity contribution in [2.75, 3.05) is 18.4 Å². The van der Waals surface area contributed by atoms with Crippen molar-refractivity contribution < 1.29 is 9.59 Å². The predicted octanol–water partition coefficient (Wildman–Crippen LogP) is -0.0649. The molecule has 0 aliphatic carbocycles. The van der Waals surface area contributed by atoms with Crippen molar-refractivity contribution in [2.45, 2.75) is 6.54 Å². The largest absolute Gasteiger partial charge is 0.352 e. The second-order valence-corrected chi connectivity index (χ2v) is 3.57. The molecule has 0 aliphatic heterocycles. The second-order valence-electron chi connectivity index (χ2n) is 3.57. The summed E-state index contributed by atoms with van der Waals surface area (Å²) in [5.41, 5.74) is 12.0. The summed E-state index contributed by atoms with van der Waals surface area (Å²) >= 11 is 0. The van der Waals surface area contributed by atoms with Gasteiger partial charge in [-0.3, -0.25) is 0 Å². The number of urea groups is 2. The second kappa shape index (κ2) is 7.13. The predicted molar refractivity (Wildman–Crippen MR) is 68.9 cm³/mol. The van der Waals surface area contributed by atoms with Gasteiger partial charge in [-0.05, 0) is 17.7 Å². The summed E-state index contributed by atoms with van der Waals surface area (Å²) < 4.78 is 0. The van der Waals surface area contributed by atoms with E-state index in [1.807, 2.05) is 12.1 Å². The Balaban J connectivity index is 2.28. The molecule has 0 saturated carbocycles. The molecule has 0 fully saturated rings. The Labute approximate surface area is 105 Å². The zero-order valence-electron chi connectivity index (χ0n) is 9.90. The van der Waals surface area contributed by atoms with Gasteiger partial charge in [0.25, 0.3) is 0 Å². The molecule has 18 heavy (non-hydrogen) atoms. The summed E-state index contributed by atoms with van der Waals surface area (Å²) in [4.78, 5) is 21.8. The smallest absolute Gasteiger partial charge is 0.319 e. The molecule has 7 nitrogen and oxygen atoms in total. The topological polar surface area (TPSA) is 122 Å². The van der Waals surface area contributed by atoms with Gasteiger partial charge in [-0.25, -0.2) is 9.59 Å². The molecule has 0 bridgehead atoms. The number of anilines is 1. The van der Waals surface area contributed by atoms with E-state index in [0.29, 0.717) is 18.8 Å². The molecule has 1 rings (SSSR count). The highest BCUT2D eigenvalue weighted by atomic mass is 16.2. The van der Waals surface area contributed by atoms with Gasteiger partial charge < -0.3 is 27.4 Å². The highest BCUT2D eigenvalue weighted by Crippen LogP contribution is 2.08. The lowest BCUT2D eigenvalue weighted by molar-refractivity contribution is 0.246. The van der Waals surface area contributed by atoms with E-state index in [9.17, 15) is 9.59 Å². The third-order valence-electron chi connectivity index (χ3n) is 2.16. The van der Waals surface area contributed by atoms with Gasteiger partial charge in [0.15, 0.2) is 0 Å². The van der Waals surface area contributed by atoms with Crippen molar-refractivity contribution in [1.29, 1.82) is 0 Å². The maximum Gasteiger partial charge on any atom is 0.319 e. The fourth-order valence-corrected chi connectivity index (χ4v) is 1.26. The molecule has 7 N–H and O–H groups in total. The van der Waals surface area contributed by atoms with Crippen LogP contribution in [0.4, 0.5) is 15.3 Å². The third kappa shape index (κ3) is 5.17. The van der Waals surface area contributed by atoms with Gasteiger partial charge in [-0.1, -0.05) is 12.1 Å². The molecule has 1 aromatic carbocycles. The van der Waals surface area contributed by atoms with Crippen molar-refractivity contribution in [3.63, 3.8) is 0 Å². The number of amides is 4. The molecule has 0 atom stereocenters. The molecule has 98 valence electrons. The van der Waals surface area contributed by atoms with Gasteiger partial charge in [0.2, 0.25) is 0 Å². The SMILES string of the molecule is NCc1ccc(NC(=O)NCCNC(N)=O)cc1. The first-order chi connectivity index (χ1) is 8.61. The summed E-state index contributed by atoms with van der Waals surface area (Å²) in [5, 5.41) is 7.58. The van der Waals surface area contributed by atoms with E-state index in [1.165, 1.54) is 0 Å². The first kappa shape index (κ1) is 13.8. The van der Waals surface area contributed by atoms with Crippen LogP contribution in [0.15, 0.2) is 24.3 Å². The fraction of sp³-hybridized carbons (Fsp3) is 0.273. The van der Waals surface area contributed by atoms with Gasteiger partial charge in [-0.15, -0.1) is 0 Å². The number of primary amides is 1. The lowest BCUT2D eigenvalue weighted by atomic mass is 10.2. The molecule has 1 aromatic rings. The Morgan fingerprint density at radius 3 is 2.22 bits per heavy atom. The van der Waals surface area contributed by atoms with Crippen LogP contribution in [0.3, 0.4) is 0 Å². The molecule has 0 aromatic heterocycles. The Hall–Kier alpha value is -2.28. The summed E-state index contributed by atoms with van der Waals surface area (Å²) in [5.74, 6) is 0. The minimum absolute atomic E-state index is 0.287. The lowest BCUT2D eigenvalue weighted by Gasteiger charge is -2.08. The highest BCUT2D eigenvalue weighted by Gasteiger charge is 2.00. The van der Waals surface area contributed by atoms with E-state index in [2.05, 4.69) is 16.0 Å². The van der Waals surface area contributed by atoms with Gasteiger partial charge in [0, 0.05) is 25.3 Å². The van der Waals surface area contributed by atoms with Crippen molar-refractivity contribution in [2.24, 2.45) is 11.5 Å². The molecular formula is C11H17N5O2. The monoisotopic (exact) mass is 251 g/mol. The minimum atomic E-state index is -0.616. The van der Waals surface area contributed by atoms with Crippen LogP contribution in [0, 0.1) is 0 Å². The number of nitrogens with one attached hydrogen (secondary N) is 3. The normalized spacial score (nSPS) is 9.61. The highest BCUT2D eigenvalue weighted by molar-refractivity contribution is 5.89. The van der Waals surface area contributed by atoms with E-state index in [1.54, 1.807) is 12.1 Å². The van der Waals surface area contributed by atoms with Crippen LogP contribution >= 0.6 is 0 Å². The van der Waals surface area contributed by atoms with E-state index in [0.717, 1.165) is 5.56 Å².